The van der Waals surface area contributed by atoms with Crippen LogP contribution in [0.15, 0.2) is 4.21 Å². The molecule has 5 nitrogen and oxygen atoms in total. The van der Waals surface area contributed by atoms with Crippen molar-refractivity contribution in [3.63, 3.8) is 0 Å². The van der Waals surface area contributed by atoms with Crippen molar-refractivity contribution >= 4 is 26.5 Å². The van der Waals surface area contributed by atoms with Gasteiger partial charge in [0, 0.05) is 6.54 Å². The van der Waals surface area contributed by atoms with Gasteiger partial charge >= 0.3 is 0 Å². The fourth-order valence-electron chi connectivity index (χ4n) is 1.72. The fraction of sp³-hybridized carbons (Fsp3) is 0.700. The number of nitrogens with two attached hydrogens (primary N) is 1. The maximum atomic E-state index is 11.9. The van der Waals surface area contributed by atoms with Gasteiger partial charge in [-0.1, -0.05) is 24.2 Å². The summed E-state index contributed by atoms with van der Waals surface area (Å²) in [7, 11) is -3.42. The van der Waals surface area contributed by atoms with Gasteiger partial charge in [0.15, 0.2) is 9.34 Å². The molecule has 1 aromatic rings. The predicted octanol–water partition coefficient (Wildman–Crippen LogP) is 1.50. The van der Waals surface area contributed by atoms with Crippen molar-refractivity contribution in [2.45, 2.75) is 36.8 Å². The molecule has 0 spiro atoms. The smallest absolute Gasteiger partial charge is 0.252 e. The van der Waals surface area contributed by atoms with Crippen LogP contribution in [0.3, 0.4) is 0 Å². The van der Waals surface area contributed by atoms with Crippen molar-refractivity contribution in [1.29, 1.82) is 0 Å². The van der Waals surface area contributed by atoms with Gasteiger partial charge in [0.1, 0.15) is 0 Å². The van der Waals surface area contributed by atoms with E-state index in [9.17, 15) is 8.42 Å². The molecule has 96 valence electrons. The van der Waals surface area contributed by atoms with Crippen LogP contribution >= 0.6 is 11.3 Å². The lowest BCUT2D eigenvalue weighted by Gasteiger charge is -2.04. The second kappa shape index (κ2) is 4.91. The number of nitrogens with one attached hydrogen (secondary N) is 1. The number of nitrogen functional groups attached to an aromatic ring is 1. The van der Waals surface area contributed by atoms with Crippen LogP contribution in [-0.4, -0.2) is 19.9 Å². The van der Waals surface area contributed by atoms with Crippen LogP contribution < -0.4 is 10.5 Å². The molecule has 0 bridgehead atoms. The molecular weight excluding hydrogens is 258 g/mol. The van der Waals surface area contributed by atoms with Gasteiger partial charge in [-0.2, -0.15) is 0 Å². The summed E-state index contributed by atoms with van der Waals surface area (Å²) in [4.78, 5) is 3.92. The van der Waals surface area contributed by atoms with Crippen LogP contribution in [0.25, 0.3) is 0 Å². The lowest BCUT2D eigenvalue weighted by atomic mass is 10.2. The monoisotopic (exact) mass is 275 g/mol. The van der Waals surface area contributed by atoms with E-state index in [-0.39, 0.29) is 4.21 Å². The van der Waals surface area contributed by atoms with Crippen molar-refractivity contribution in [2.75, 3.05) is 12.3 Å². The second-order valence-electron chi connectivity index (χ2n) is 4.41. The Morgan fingerprint density at radius 3 is 2.76 bits per heavy atom. The molecule has 1 aliphatic rings. The lowest BCUT2D eigenvalue weighted by Crippen LogP contribution is -2.24. The highest BCUT2D eigenvalue weighted by atomic mass is 32.2. The first-order valence-corrected chi connectivity index (χ1v) is 8.01. The Morgan fingerprint density at radius 1 is 1.53 bits per heavy atom. The van der Waals surface area contributed by atoms with Crippen LogP contribution in [-0.2, 0) is 10.0 Å². The number of anilines is 1. The van der Waals surface area contributed by atoms with Crippen molar-refractivity contribution in [2.24, 2.45) is 5.92 Å². The average Bonchev–Trinajstić information content (AvgIpc) is 2.99. The van der Waals surface area contributed by atoms with Gasteiger partial charge in [-0.25, -0.2) is 18.1 Å². The maximum absolute atomic E-state index is 11.9. The van der Waals surface area contributed by atoms with Gasteiger partial charge < -0.3 is 5.73 Å². The minimum atomic E-state index is -3.42. The molecule has 0 radical (unpaired) electrons. The summed E-state index contributed by atoms with van der Waals surface area (Å²) in [6.45, 7) is 2.15. The standard InChI is InChI=1S/C10H17N3O2S2/c1-7-9(16-10(11)13-7)17(14,15)12-6-2-3-8-4-5-8/h8,12H,2-6H2,1H3,(H2,11,13). The Hall–Kier alpha value is -0.660. The quantitative estimate of drug-likeness (QED) is 0.770. The summed E-state index contributed by atoms with van der Waals surface area (Å²) >= 11 is 1.01. The van der Waals surface area contributed by atoms with E-state index in [1.54, 1.807) is 6.92 Å². The number of nitrogens with zero attached hydrogens (tertiary/aromatic N) is 1. The Kier molecular flexibility index (Phi) is 3.70. The van der Waals surface area contributed by atoms with Crippen molar-refractivity contribution in [1.82, 2.24) is 9.71 Å². The maximum Gasteiger partial charge on any atom is 0.252 e. The van der Waals surface area contributed by atoms with E-state index >= 15 is 0 Å². The Morgan fingerprint density at radius 2 is 2.24 bits per heavy atom. The van der Waals surface area contributed by atoms with Crippen LogP contribution in [0.2, 0.25) is 0 Å². The third-order valence-electron chi connectivity index (χ3n) is 2.79. The highest BCUT2D eigenvalue weighted by Crippen LogP contribution is 2.33. The van der Waals surface area contributed by atoms with Crippen molar-refractivity contribution < 1.29 is 8.42 Å². The summed E-state index contributed by atoms with van der Waals surface area (Å²) < 4.78 is 26.7. The molecule has 1 aromatic heterocycles. The predicted molar refractivity (Wildman–Crippen MR) is 68.4 cm³/mol. The zero-order valence-corrected chi connectivity index (χ0v) is 11.4. The number of sulfonamides is 1. The van der Waals surface area contributed by atoms with Crippen molar-refractivity contribution in [3.05, 3.63) is 5.69 Å². The molecule has 1 fully saturated rings. The minimum absolute atomic E-state index is 0.237. The van der Waals surface area contributed by atoms with E-state index in [4.69, 9.17) is 5.73 Å². The first-order chi connectivity index (χ1) is 7.99. The van der Waals surface area contributed by atoms with E-state index in [0.29, 0.717) is 17.4 Å². The molecule has 2 rings (SSSR count). The number of thiazole rings is 1. The normalized spacial score (nSPS) is 16.3. The molecule has 0 saturated heterocycles. The van der Waals surface area contributed by atoms with Crippen LogP contribution in [0, 0.1) is 12.8 Å². The third kappa shape index (κ3) is 3.40. The van der Waals surface area contributed by atoms with E-state index in [2.05, 4.69) is 9.71 Å². The zero-order valence-electron chi connectivity index (χ0n) is 9.77. The highest BCUT2D eigenvalue weighted by molar-refractivity contribution is 7.91. The largest absolute Gasteiger partial charge is 0.375 e. The van der Waals surface area contributed by atoms with Gasteiger partial charge in [-0.05, 0) is 25.7 Å². The topological polar surface area (TPSA) is 85.1 Å². The van der Waals surface area contributed by atoms with E-state index < -0.39 is 10.0 Å². The number of aryl methyl sites for hydroxylation is 1. The first-order valence-electron chi connectivity index (χ1n) is 5.71. The van der Waals surface area contributed by atoms with Gasteiger partial charge in [-0.3, -0.25) is 0 Å². The molecule has 7 heteroatoms. The zero-order chi connectivity index (χ0) is 12.5. The first kappa shape index (κ1) is 12.8. The van der Waals surface area contributed by atoms with E-state index in [1.165, 1.54) is 12.8 Å². The summed E-state index contributed by atoms with van der Waals surface area (Å²) in [5.74, 6) is 0.834. The minimum Gasteiger partial charge on any atom is -0.375 e. The van der Waals surface area contributed by atoms with Crippen LogP contribution in [0.4, 0.5) is 5.13 Å². The summed E-state index contributed by atoms with van der Waals surface area (Å²) in [6, 6.07) is 0. The van der Waals surface area contributed by atoms with E-state index in [1.807, 2.05) is 0 Å². The summed E-state index contributed by atoms with van der Waals surface area (Å²) in [5.41, 5.74) is 5.97. The van der Waals surface area contributed by atoms with Crippen LogP contribution in [0.5, 0.6) is 0 Å². The molecule has 1 aliphatic carbocycles. The molecule has 3 N–H and O–H groups in total. The molecule has 0 amide bonds. The second-order valence-corrected chi connectivity index (χ2v) is 7.40. The summed E-state index contributed by atoms with van der Waals surface area (Å²) in [5, 5.41) is 0.292. The Balaban J connectivity index is 1.90. The van der Waals surface area contributed by atoms with Gasteiger partial charge in [0.25, 0.3) is 10.0 Å². The summed E-state index contributed by atoms with van der Waals surface area (Å²) in [6.07, 6.45) is 4.62. The lowest BCUT2D eigenvalue weighted by molar-refractivity contribution is 0.574. The Labute approximate surface area is 105 Å². The third-order valence-corrected chi connectivity index (χ3v) is 5.85. The fourth-order valence-corrected chi connectivity index (χ4v) is 4.14. The number of aromatic nitrogens is 1. The molecule has 0 aliphatic heterocycles. The molecule has 1 heterocycles. The Bertz CT molecular complexity index is 492. The SMILES string of the molecule is Cc1nc(N)sc1S(=O)(=O)NCCCC1CC1. The molecule has 0 unspecified atom stereocenters. The van der Waals surface area contributed by atoms with Gasteiger partial charge in [0.2, 0.25) is 0 Å². The highest BCUT2D eigenvalue weighted by Gasteiger charge is 2.22. The van der Waals surface area contributed by atoms with Gasteiger partial charge in [-0.15, -0.1) is 0 Å². The molecule has 0 atom stereocenters. The van der Waals surface area contributed by atoms with E-state index in [0.717, 1.165) is 30.1 Å². The number of rotatable bonds is 6. The molecule has 1 saturated carbocycles. The average molecular weight is 275 g/mol. The van der Waals surface area contributed by atoms with Crippen molar-refractivity contribution in [3.8, 4) is 0 Å². The molecule has 17 heavy (non-hydrogen) atoms. The van der Waals surface area contributed by atoms with Gasteiger partial charge in [0.05, 0.1) is 5.69 Å². The molecular formula is C10H17N3O2S2. The number of hydrogen-bond donors (Lipinski definition) is 2. The van der Waals surface area contributed by atoms with Crippen LogP contribution in [0.1, 0.15) is 31.4 Å². The number of hydrogen-bond acceptors (Lipinski definition) is 5. The molecule has 0 aromatic carbocycles.